The van der Waals surface area contributed by atoms with Gasteiger partial charge in [-0.25, -0.2) is 0 Å². The smallest absolute Gasteiger partial charge is 0.179 e. The first-order valence-electron chi connectivity index (χ1n) is 39.6. The molecule has 14 rings (SSSR count). The molecule has 3 heterocycles. The number of hydrogen-bond donors (Lipinski definition) is 0. The van der Waals surface area contributed by atoms with Gasteiger partial charge in [0, 0.05) is 53.1 Å². The van der Waals surface area contributed by atoms with E-state index in [4.69, 9.17) is 17.8 Å². The number of hydrogen-bond acceptors (Lipinski definition) is 1. The summed E-state index contributed by atoms with van der Waals surface area (Å²) in [6, 6.07) is -30.6. The van der Waals surface area contributed by atoms with Crippen molar-refractivity contribution in [1.82, 2.24) is 9.13 Å². The van der Waals surface area contributed by atoms with Crippen molar-refractivity contribution in [3.05, 3.63) is 266 Å². The van der Waals surface area contributed by atoms with Gasteiger partial charge in [-0.05, 0) is 122 Å². The zero-order chi connectivity index (χ0) is 78.4. The summed E-state index contributed by atoms with van der Waals surface area (Å²) in [5.41, 5.74) is -7.26. The Morgan fingerprint density at radius 2 is 0.786 bits per heavy atom. The summed E-state index contributed by atoms with van der Waals surface area (Å²) in [5, 5.41) is -6.07. The Bertz CT molecular complexity index is 6300. The second-order valence-corrected chi connectivity index (χ2v) is 20.2. The molecule has 328 valence electrons. The van der Waals surface area contributed by atoms with E-state index < -0.39 is 308 Å². The number of benzene rings is 11. The van der Waals surface area contributed by atoms with Crippen molar-refractivity contribution < 1.29 is 50.7 Å². The third-order valence-corrected chi connectivity index (χ3v) is 17.0. The summed E-state index contributed by atoms with van der Waals surface area (Å²) in [6.45, 7) is 0. The van der Waals surface area contributed by atoms with Gasteiger partial charge >= 0.3 is 0 Å². The molecule has 0 aliphatic rings. The molecule has 0 N–H and O–H groups in total. The number of aromatic nitrogens is 2. The largest absolute Gasteiger partial charge is 0.309 e. The first kappa shape index (κ1) is 18.1. The predicted molar refractivity (Wildman–Crippen MR) is 302 cm³/mol. The zero-order valence-corrected chi connectivity index (χ0v) is 37.2. The monoisotopic (exact) mass is 962 g/mol. The van der Waals surface area contributed by atoms with Gasteiger partial charge < -0.3 is 9.13 Å². The molecule has 0 saturated carbocycles. The molecular weight excluding hydrogens is 881 g/mol. The Kier molecular flexibility index (Phi) is 4.21. The SMILES string of the molecule is [2H]c1c([2H])c([2H])c([Si](c2c([2H])c([2H])c([2H])c([2H])c2[2H])(c2c([2H])c([2H])c([2H])c([2H])c2[2H])c2c([2H])c([2H])c([2H])c(-n3c4c([2H])c([2H])c([2H])c([2H])c4c4c([2H])c(-c5c([2H])c([2H])c([2H])c(-c6c([2H])c([2H])c7c(c6[2H])c6c([2H])c([2H])c([2H])c([2H])c6n7-c6ccc7sc8ccccc8c7c6)c5[2H])c([2H])c([2H])c43)c2[2H])c([2H])c1[2H]. The highest BCUT2D eigenvalue weighted by Gasteiger charge is 2.41. The third-order valence-electron chi connectivity index (χ3n) is 11.9. The third kappa shape index (κ3) is 6.31. The van der Waals surface area contributed by atoms with Crippen molar-refractivity contribution in [2.45, 2.75) is 0 Å². The van der Waals surface area contributed by atoms with Crippen molar-refractivity contribution >= 4 is 104 Å². The molecule has 0 saturated heterocycles. The highest BCUT2D eigenvalue weighted by Crippen LogP contribution is 2.40. The van der Waals surface area contributed by atoms with Crippen molar-refractivity contribution in [2.24, 2.45) is 0 Å². The highest BCUT2D eigenvalue weighted by molar-refractivity contribution is 7.25. The molecule has 0 amide bonds. The Balaban J connectivity index is 1.14. The second-order valence-electron chi connectivity index (χ2n) is 15.6. The molecule has 2 nitrogen and oxygen atoms in total. The van der Waals surface area contributed by atoms with Crippen molar-refractivity contribution in [2.75, 3.05) is 0 Å². The molecule has 70 heavy (non-hydrogen) atoms. The molecule has 3 aromatic heterocycles. The predicted octanol–water partition coefficient (Wildman–Crippen LogP) is 15.0. The molecule has 0 unspecified atom stereocenters. The number of thiophene rings is 1. The summed E-state index contributed by atoms with van der Waals surface area (Å²) in [7, 11) is -6.62. The van der Waals surface area contributed by atoms with Gasteiger partial charge in [0.05, 0.1) is 72.8 Å². The molecule has 14 aromatic rings. The lowest BCUT2D eigenvalue weighted by Gasteiger charge is -2.34. The van der Waals surface area contributed by atoms with Crippen LogP contribution >= 0.6 is 11.3 Å². The average Bonchev–Trinajstić information content (AvgIpc) is 1.57. The number of rotatable bonds is 8. The summed E-state index contributed by atoms with van der Waals surface area (Å²) >= 11 is 1.46. The van der Waals surface area contributed by atoms with Crippen LogP contribution in [0.2, 0.25) is 0 Å². The Hall–Kier alpha value is -8.54. The zero-order valence-electron chi connectivity index (χ0n) is 72.3. The van der Waals surface area contributed by atoms with E-state index in [0.717, 1.165) is 14.8 Å². The average molecular weight is 962 g/mol. The fourth-order valence-electron chi connectivity index (χ4n) is 8.90. The lowest BCUT2D eigenvalue weighted by molar-refractivity contribution is 1.18. The van der Waals surface area contributed by atoms with Crippen molar-refractivity contribution in [3.8, 4) is 33.6 Å². The van der Waals surface area contributed by atoms with Crippen LogP contribution in [0.1, 0.15) is 50.7 Å². The standard InChI is InChI=1S/C66H44N2SSi/c1-4-21-51(22-5-1)70(52-23-6-2-7-24-52,53-25-8-3-9-26-53)54-27-17-20-49(43-54)67-61-31-13-10-28-55(61)58-41-47(34-37-63(58)67)45-18-16-19-46(40-45)48-35-38-64-59(42-48)56-29-11-14-32-62(56)68(64)50-36-39-66-60(44-50)57-30-12-15-33-65(57)69-66/h1-44H/i1D,2D,3D,4D,5D,6D,7D,8D,9D,10D,11D,13D,14D,16D,17D,18D,19D,20D,21D,22D,23D,24D,25D,26D,27D,28D,29D,31D,32D,34D,35D,37D,38D,40D,41D,42D,43D. The molecule has 4 heteroatoms. The summed E-state index contributed by atoms with van der Waals surface area (Å²) < 4.78 is 353. The number of para-hydroxylation sites is 2. The lowest BCUT2D eigenvalue weighted by Crippen LogP contribution is -2.74. The van der Waals surface area contributed by atoms with E-state index in [1.807, 2.05) is 24.3 Å². The molecule has 0 spiro atoms. The van der Waals surface area contributed by atoms with Gasteiger partial charge in [0.1, 0.15) is 0 Å². The Labute approximate surface area is 463 Å². The van der Waals surface area contributed by atoms with Crippen LogP contribution in [0.15, 0.2) is 266 Å². The summed E-state index contributed by atoms with van der Waals surface area (Å²) in [4.78, 5) is 0. The summed E-state index contributed by atoms with van der Waals surface area (Å²) in [6.07, 6.45) is 0. The quantitative estimate of drug-likeness (QED) is 0.106. The first-order valence-corrected chi connectivity index (χ1v) is 23.9. The Morgan fingerprint density at radius 1 is 0.314 bits per heavy atom. The van der Waals surface area contributed by atoms with Crippen LogP contribution < -0.4 is 20.7 Å². The topological polar surface area (TPSA) is 9.86 Å². The van der Waals surface area contributed by atoms with Crippen LogP contribution in [-0.4, -0.2) is 17.2 Å². The van der Waals surface area contributed by atoms with Gasteiger partial charge in [0.2, 0.25) is 0 Å². The van der Waals surface area contributed by atoms with E-state index in [-0.39, 0.29) is 22.1 Å². The lowest BCUT2D eigenvalue weighted by atomic mass is 9.97. The molecule has 0 aliphatic heterocycles. The molecule has 0 aliphatic carbocycles. The van der Waals surface area contributed by atoms with Gasteiger partial charge in [-0.15, -0.1) is 11.3 Å². The first-order chi connectivity index (χ1) is 50.1. The highest BCUT2D eigenvalue weighted by atomic mass is 32.1. The van der Waals surface area contributed by atoms with Crippen LogP contribution in [0.25, 0.3) is 97.4 Å². The maximum Gasteiger partial charge on any atom is 0.179 e. The molecule has 0 bridgehead atoms. The number of fused-ring (bicyclic) bond motifs is 9. The Morgan fingerprint density at radius 3 is 1.39 bits per heavy atom. The van der Waals surface area contributed by atoms with Gasteiger partial charge in [-0.2, -0.15) is 0 Å². The molecule has 0 radical (unpaired) electrons. The number of nitrogens with zero attached hydrogens (tertiary/aromatic N) is 2. The molecular formula is C66H44N2SSi. The van der Waals surface area contributed by atoms with E-state index in [0.29, 0.717) is 9.95 Å². The molecule has 0 atom stereocenters. The maximum atomic E-state index is 10.6. The minimum Gasteiger partial charge on any atom is -0.309 e. The molecule has 11 aromatic carbocycles. The minimum absolute atomic E-state index is 0.221. The van der Waals surface area contributed by atoms with Crippen LogP contribution in [0, 0.1) is 0 Å². The summed E-state index contributed by atoms with van der Waals surface area (Å²) in [5.74, 6) is 0. The van der Waals surface area contributed by atoms with Gasteiger partial charge in [0.15, 0.2) is 8.07 Å². The van der Waals surface area contributed by atoms with Crippen LogP contribution in [-0.2, 0) is 0 Å². The van der Waals surface area contributed by atoms with E-state index >= 15 is 0 Å². The normalized spacial score (nSPS) is 19.4. The van der Waals surface area contributed by atoms with Crippen molar-refractivity contribution in [3.63, 3.8) is 0 Å². The van der Waals surface area contributed by atoms with Crippen LogP contribution in [0.4, 0.5) is 0 Å². The van der Waals surface area contributed by atoms with E-state index in [1.54, 1.807) is 18.2 Å². The van der Waals surface area contributed by atoms with E-state index in [2.05, 4.69) is 0 Å². The van der Waals surface area contributed by atoms with Gasteiger partial charge in [-0.3, -0.25) is 0 Å². The van der Waals surface area contributed by atoms with Crippen LogP contribution in [0.5, 0.6) is 0 Å². The van der Waals surface area contributed by atoms with Crippen LogP contribution in [0.3, 0.4) is 0 Å². The van der Waals surface area contributed by atoms with E-state index in [1.165, 1.54) is 15.9 Å². The van der Waals surface area contributed by atoms with Gasteiger partial charge in [-0.1, -0.05) is 187 Å². The minimum atomic E-state index is -6.62. The fourth-order valence-corrected chi connectivity index (χ4v) is 13.5. The van der Waals surface area contributed by atoms with Gasteiger partial charge in [0.25, 0.3) is 0 Å². The van der Waals surface area contributed by atoms with E-state index in [9.17, 15) is 32.9 Å². The second kappa shape index (κ2) is 16.3. The molecule has 0 fully saturated rings. The maximum absolute atomic E-state index is 10.6. The van der Waals surface area contributed by atoms with Crippen molar-refractivity contribution in [1.29, 1.82) is 0 Å². The fraction of sp³-hybridized carbons (Fsp3) is 0.